The van der Waals surface area contributed by atoms with Crippen LogP contribution in [0.5, 0.6) is 0 Å². The summed E-state index contributed by atoms with van der Waals surface area (Å²) in [5.74, 6) is 0. The van der Waals surface area contributed by atoms with E-state index in [1.165, 1.54) is 12.8 Å². The fourth-order valence-electron chi connectivity index (χ4n) is 1.46. The molecule has 0 aromatic rings. The molecule has 1 saturated heterocycles. The molecular weight excluding hydrogens is 154 g/mol. The van der Waals surface area contributed by atoms with Gasteiger partial charge in [-0.2, -0.15) is 0 Å². The van der Waals surface area contributed by atoms with Gasteiger partial charge in [0.15, 0.2) is 0 Å². The van der Waals surface area contributed by atoms with Crippen molar-refractivity contribution in [1.82, 2.24) is 5.32 Å². The fourth-order valence-corrected chi connectivity index (χ4v) is 1.46. The molecule has 0 spiro atoms. The maximum absolute atomic E-state index is 5.58. The third-order valence-corrected chi connectivity index (χ3v) is 2.15. The van der Waals surface area contributed by atoms with E-state index in [0.717, 1.165) is 13.2 Å². The van der Waals surface area contributed by atoms with Crippen molar-refractivity contribution in [2.45, 2.75) is 31.9 Å². The minimum atomic E-state index is 0.220. The van der Waals surface area contributed by atoms with Crippen LogP contribution in [0.25, 0.3) is 0 Å². The van der Waals surface area contributed by atoms with Gasteiger partial charge in [0.05, 0.1) is 19.3 Å². The van der Waals surface area contributed by atoms with Gasteiger partial charge in [-0.05, 0) is 26.3 Å². The van der Waals surface area contributed by atoms with Gasteiger partial charge >= 0.3 is 0 Å². The molecule has 12 heavy (non-hydrogen) atoms. The second kappa shape index (κ2) is 5.51. The number of ether oxygens (including phenoxy) is 2. The lowest BCUT2D eigenvalue weighted by atomic mass is 10.2. The molecule has 1 unspecified atom stereocenters. The molecule has 1 aliphatic rings. The molecule has 2 atom stereocenters. The lowest BCUT2D eigenvalue weighted by Gasteiger charge is -2.15. The Labute approximate surface area is 74.4 Å². The summed E-state index contributed by atoms with van der Waals surface area (Å²) in [6.45, 7) is 4.70. The third-order valence-electron chi connectivity index (χ3n) is 2.15. The first-order valence-electron chi connectivity index (χ1n) is 4.67. The van der Waals surface area contributed by atoms with Gasteiger partial charge in [0.1, 0.15) is 0 Å². The van der Waals surface area contributed by atoms with Crippen LogP contribution in [0.1, 0.15) is 19.8 Å². The fraction of sp³-hybridized carbons (Fsp3) is 1.00. The van der Waals surface area contributed by atoms with Crippen LogP contribution >= 0.6 is 0 Å². The molecule has 0 aliphatic carbocycles. The van der Waals surface area contributed by atoms with Crippen LogP contribution in [0.3, 0.4) is 0 Å². The smallest absolute Gasteiger partial charge is 0.0781 e. The molecule has 1 aliphatic heterocycles. The predicted molar refractivity (Wildman–Crippen MR) is 48.3 cm³/mol. The molecule has 0 amide bonds. The summed E-state index contributed by atoms with van der Waals surface area (Å²) in [5.41, 5.74) is 0. The SMILES string of the molecule is COCC(C)OC[C@H]1CCCN1. The van der Waals surface area contributed by atoms with Gasteiger partial charge in [-0.3, -0.25) is 0 Å². The Morgan fingerprint density at radius 3 is 3.00 bits per heavy atom. The number of nitrogens with one attached hydrogen (secondary N) is 1. The molecule has 0 saturated carbocycles. The van der Waals surface area contributed by atoms with Crippen LogP contribution in [0, 0.1) is 0 Å². The highest BCUT2D eigenvalue weighted by Crippen LogP contribution is 2.06. The van der Waals surface area contributed by atoms with Crippen LogP contribution in [0.15, 0.2) is 0 Å². The Balaban J connectivity index is 1.99. The Kier molecular flexibility index (Phi) is 4.58. The van der Waals surface area contributed by atoms with E-state index in [1.54, 1.807) is 7.11 Å². The zero-order valence-corrected chi connectivity index (χ0v) is 8.01. The summed E-state index contributed by atoms with van der Waals surface area (Å²) in [7, 11) is 1.70. The molecular formula is C9H19NO2. The van der Waals surface area contributed by atoms with E-state index < -0.39 is 0 Å². The van der Waals surface area contributed by atoms with E-state index in [1.807, 2.05) is 6.92 Å². The predicted octanol–water partition coefficient (Wildman–Crippen LogP) is 0.790. The topological polar surface area (TPSA) is 30.5 Å². The molecule has 1 N–H and O–H groups in total. The summed E-state index contributed by atoms with van der Waals surface area (Å²) in [6.07, 6.45) is 2.75. The highest BCUT2D eigenvalue weighted by atomic mass is 16.5. The number of rotatable bonds is 5. The van der Waals surface area contributed by atoms with E-state index in [9.17, 15) is 0 Å². The summed E-state index contributed by atoms with van der Waals surface area (Å²) in [4.78, 5) is 0. The monoisotopic (exact) mass is 173 g/mol. The van der Waals surface area contributed by atoms with Gasteiger partial charge in [0.25, 0.3) is 0 Å². The third kappa shape index (κ3) is 3.52. The minimum Gasteiger partial charge on any atom is -0.382 e. The molecule has 0 bridgehead atoms. The molecule has 1 heterocycles. The van der Waals surface area contributed by atoms with E-state index in [-0.39, 0.29) is 6.10 Å². The summed E-state index contributed by atoms with van der Waals surface area (Å²) in [5, 5.41) is 3.39. The summed E-state index contributed by atoms with van der Waals surface area (Å²) < 4.78 is 10.6. The van der Waals surface area contributed by atoms with Crippen LogP contribution in [0.2, 0.25) is 0 Å². The highest BCUT2D eigenvalue weighted by Gasteiger charge is 2.14. The quantitative estimate of drug-likeness (QED) is 0.666. The van der Waals surface area contributed by atoms with Gasteiger partial charge in [0.2, 0.25) is 0 Å². The largest absolute Gasteiger partial charge is 0.382 e. The second-order valence-corrected chi connectivity index (χ2v) is 3.39. The van der Waals surface area contributed by atoms with Crippen molar-refractivity contribution in [1.29, 1.82) is 0 Å². The molecule has 1 rings (SSSR count). The second-order valence-electron chi connectivity index (χ2n) is 3.39. The molecule has 3 heteroatoms. The van der Waals surface area contributed by atoms with Crippen molar-refractivity contribution in [2.24, 2.45) is 0 Å². The minimum absolute atomic E-state index is 0.220. The average Bonchev–Trinajstić information content (AvgIpc) is 2.53. The van der Waals surface area contributed by atoms with Crippen LogP contribution in [0.4, 0.5) is 0 Å². The molecule has 0 aromatic carbocycles. The highest BCUT2D eigenvalue weighted by molar-refractivity contribution is 4.73. The summed E-state index contributed by atoms with van der Waals surface area (Å²) in [6, 6.07) is 0.573. The Morgan fingerprint density at radius 1 is 1.58 bits per heavy atom. The zero-order chi connectivity index (χ0) is 8.81. The van der Waals surface area contributed by atoms with Crippen molar-refractivity contribution in [3.8, 4) is 0 Å². The van der Waals surface area contributed by atoms with E-state index in [2.05, 4.69) is 5.32 Å². The Bertz CT molecular complexity index is 113. The van der Waals surface area contributed by atoms with Gasteiger partial charge in [-0.25, -0.2) is 0 Å². The van der Waals surface area contributed by atoms with Crippen molar-refractivity contribution in [3.05, 3.63) is 0 Å². The first kappa shape index (κ1) is 9.96. The molecule has 72 valence electrons. The van der Waals surface area contributed by atoms with E-state index in [4.69, 9.17) is 9.47 Å². The van der Waals surface area contributed by atoms with Gasteiger partial charge < -0.3 is 14.8 Å². The Hall–Kier alpha value is -0.120. The van der Waals surface area contributed by atoms with Crippen LogP contribution in [-0.4, -0.2) is 39.0 Å². The van der Waals surface area contributed by atoms with Crippen LogP contribution < -0.4 is 5.32 Å². The van der Waals surface area contributed by atoms with Crippen LogP contribution in [-0.2, 0) is 9.47 Å². The first-order valence-corrected chi connectivity index (χ1v) is 4.67. The molecule has 0 radical (unpaired) electrons. The van der Waals surface area contributed by atoms with Crippen molar-refractivity contribution >= 4 is 0 Å². The van der Waals surface area contributed by atoms with Crippen molar-refractivity contribution < 1.29 is 9.47 Å². The normalized spacial score (nSPS) is 26.0. The van der Waals surface area contributed by atoms with E-state index >= 15 is 0 Å². The standard InChI is InChI=1S/C9H19NO2/c1-8(6-11-2)12-7-9-4-3-5-10-9/h8-10H,3-7H2,1-2H3/t8?,9-/m1/s1. The number of hydrogen-bond acceptors (Lipinski definition) is 3. The number of hydrogen-bond donors (Lipinski definition) is 1. The Morgan fingerprint density at radius 2 is 2.42 bits per heavy atom. The maximum atomic E-state index is 5.58. The maximum Gasteiger partial charge on any atom is 0.0781 e. The molecule has 1 fully saturated rings. The van der Waals surface area contributed by atoms with Gasteiger partial charge in [-0.15, -0.1) is 0 Å². The lowest BCUT2D eigenvalue weighted by Crippen LogP contribution is -2.29. The van der Waals surface area contributed by atoms with Crippen molar-refractivity contribution in [3.63, 3.8) is 0 Å². The lowest BCUT2D eigenvalue weighted by molar-refractivity contribution is 0.00165. The average molecular weight is 173 g/mol. The number of methoxy groups -OCH3 is 1. The molecule has 3 nitrogen and oxygen atoms in total. The molecule has 0 aromatic heterocycles. The van der Waals surface area contributed by atoms with Gasteiger partial charge in [-0.1, -0.05) is 0 Å². The summed E-state index contributed by atoms with van der Waals surface area (Å²) >= 11 is 0. The zero-order valence-electron chi connectivity index (χ0n) is 8.01. The van der Waals surface area contributed by atoms with Gasteiger partial charge in [0, 0.05) is 13.2 Å². The van der Waals surface area contributed by atoms with Crippen molar-refractivity contribution in [2.75, 3.05) is 26.9 Å². The van der Waals surface area contributed by atoms with E-state index in [0.29, 0.717) is 12.6 Å². The first-order chi connectivity index (χ1) is 5.83.